The molecular formula is C11H14O4. The lowest BCUT2D eigenvalue weighted by molar-refractivity contribution is -0.141. The van der Waals surface area contributed by atoms with E-state index in [2.05, 4.69) is 0 Å². The number of esters is 2. The molecule has 0 spiro atoms. The lowest BCUT2D eigenvalue weighted by Crippen LogP contribution is -2.07. The summed E-state index contributed by atoms with van der Waals surface area (Å²) in [6.45, 7) is 3.26. The van der Waals surface area contributed by atoms with Gasteiger partial charge in [0.15, 0.2) is 0 Å². The molecule has 0 aromatic carbocycles. The third kappa shape index (κ3) is 3.97. The maximum absolute atomic E-state index is 10.6. The minimum atomic E-state index is -0.311. The number of carbonyl (C=O) groups excluding carboxylic acids is 2. The van der Waals surface area contributed by atoms with Crippen molar-refractivity contribution in [3.63, 3.8) is 0 Å². The summed E-state index contributed by atoms with van der Waals surface area (Å²) in [7, 11) is 0. The van der Waals surface area contributed by atoms with Crippen molar-refractivity contribution in [2.24, 2.45) is 0 Å². The monoisotopic (exact) mass is 210 g/mol. The summed E-state index contributed by atoms with van der Waals surface area (Å²) in [6.07, 6.45) is 4.60. The minimum Gasteiger partial charge on any atom is -0.461 e. The van der Waals surface area contributed by atoms with Crippen LogP contribution >= 0.6 is 0 Å². The average Bonchev–Trinajstić information content (AvgIpc) is 2.58. The van der Waals surface area contributed by atoms with E-state index in [1.165, 1.54) is 13.8 Å². The molecule has 0 radical (unpaired) electrons. The third-order valence-electron chi connectivity index (χ3n) is 2.02. The summed E-state index contributed by atoms with van der Waals surface area (Å²) in [5, 5.41) is 0. The summed E-state index contributed by atoms with van der Waals surface area (Å²) >= 11 is 0. The highest BCUT2D eigenvalue weighted by atomic mass is 16.5. The molecule has 4 heteroatoms. The van der Waals surface area contributed by atoms with Gasteiger partial charge in [0.05, 0.1) is 0 Å². The highest BCUT2D eigenvalue weighted by Crippen LogP contribution is 2.19. The molecule has 0 aromatic heterocycles. The van der Waals surface area contributed by atoms with E-state index in [9.17, 15) is 9.59 Å². The molecule has 1 rings (SSSR count). The molecule has 0 atom stereocenters. The Hall–Kier alpha value is -1.58. The summed E-state index contributed by atoms with van der Waals surface area (Å²) in [6, 6.07) is 0. The zero-order valence-electron chi connectivity index (χ0n) is 8.91. The number of hydrogen-bond acceptors (Lipinski definition) is 4. The number of ether oxygens (including phenoxy) is 2. The van der Waals surface area contributed by atoms with Gasteiger partial charge in [0.1, 0.15) is 13.2 Å². The van der Waals surface area contributed by atoms with Crippen molar-refractivity contribution in [3.05, 3.63) is 23.3 Å². The molecule has 0 N–H and O–H groups in total. The van der Waals surface area contributed by atoms with Crippen molar-refractivity contribution in [2.45, 2.75) is 20.3 Å². The molecule has 0 unspecified atom stereocenters. The Labute approximate surface area is 88.6 Å². The Balaban J connectivity index is 2.48. The molecule has 0 heterocycles. The molecule has 0 saturated heterocycles. The van der Waals surface area contributed by atoms with Crippen molar-refractivity contribution in [3.8, 4) is 0 Å². The first-order chi connectivity index (χ1) is 7.09. The maximum Gasteiger partial charge on any atom is 0.302 e. The van der Waals surface area contributed by atoms with Gasteiger partial charge in [0.25, 0.3) is 0 Å². The summed E-state index contributed by atoms with van der Waals surface area (Å²) in [4.78, 5) is 21.2. The summed E-state index contributed by atoms with van der Waals surface area (Å²) < 4.78 is 9.76. The van der Waals surface area contributed by atoms with Crippen LogP contribution < -0.4 is 0 Å². The van der Waals surface area contributed by atoms with E-state index < -0.39 is 0 Å². The van der Waals surface area contributed by atoms with Crippen molar-refractivity contribution in [2.75, 3.05) is 13.2 Å². The van der Waals surface area contributed by atoms with E-state index in [0.717, 1.165) is 17.6 Å². The second kappa shape index (κ2) is 5.34. The molecule has 0 saturated carbocycles. The molecule has 4 nitrogen and oxygen atoms in total. The van der Waals surface area contributed by atoms with Crippen molar-refractivity contribution < 1.29 is 19.1 Å². The van der Waals surface area contributed by atoms with Gasteiger partial charge in [-0.3, -0.25) is 9.59 Å². The second-order valence-electron chi connectivity index (χ2n) is 3.30. The lowest BCUT2D eigenvalue weighted by atomic mass is 10.2. The number of carbonyl (C=O) groups is 2. The fourth-order valence-corrected chi connectivity index (χ4v) is 1.26. The Bertz CT molecular complexity index is 325. The van der Waals surface area contributed by atoms with Crippen molar-refractivity contribution in [1.29, 1.82) is 0 Å². The van der Waals surface area contributed by atoms with Gasteiger partial charge < -0.3 is 9.47 Å². The normalized spacial score (nSPS) is 14.3. The number of allylic oxidation sites excluding steroid dienone is 1. The van der Waals surface area contributed by atoms with Crippen LogP contribution in [0.3, 0.4) is 0 Å². The second-order valence-corrected chi connectivity index (χ2v) is 3.30. The van der Waals surface area contributed by atoms with Gasteiger partial charge in [0, 0.05) is 13.8 Å². The van der Waals surface area contributed by atoms with Gasteiger partial charge in [-0.25, -0.2) is 0 Å². The Kier molecular flexibility index (Phi) is 4.09. The molecule has 0 amide bonds. The molecule has 1 aliphatic rings. The van der Waals surface area contributed by atoms with Gasteiger partial charge in [-0.2, -0.15) is 0 Å². The Morgan fingerprint density at radius 3 is 2.40 bits per heavy atom. The maximum atomic E-state index is 10.6. The molecule has 82 valence electrons. The van der Waals surface area contributed by atoms with Gasteiger partial charge in [0.2, 0.25) is 0 Å². The van der Waals surface area contributed by atoms with Gasteiger partial charge in [-0.05, 0) is 17.6 Å². The fourth-order valence-electron chi connectivity index (χ4n) is 1.26. The molecule has 1 aliphatic carbocycles. The quantitative estimate of drug-likeness (QED) is 0.657. The topological polar surface area (TPSA) is 52.6 Å². The van der Waals surface area contributed by atoms with Crippen LogP contribution in [0.2, 0.25) is 0 Å². The van der Waals surface area contributed by atoms with Crippen LogP contribution in [0.25, 0.3) is 0 Å². The van der Waals surface area contributed by atoms with Crippen LogP contribution in [0.5, 0.6) is 0 Å². The zero-order valence-corrected chi connectivity index (χ0v) is 8.91. The fraction of sp³-hybridized carbons (Fsp3) is 0.455. The lowest BCUT2D eigenvalue weighted by Gasteiger charge is -2.07. The van der Waals surface area contributed by atoms with Gasteiger partial charge in [-0.15, -0.1) is 0 Å². The van der Waals surface area contributed by atoms with E-state index in [1.807, 2.05) is 12.2 Å². The van der Waals surface area contributed by atoms with Crippen molar-refractivity contribution >= 4 is 11.9 Å². The van der Waals surface area contributed by atoms with Gasteiger partial charge >= 0.3 is 11.9 Å². The van der Waals surface area contributed by atoms with Crippen LogP contribution in [-0.2, 0) is 19.1 Å². The van der Waals surface area contributed by atoms with Crippen LogP contribution in [0, 0.1) is 0 Å². The van der Waals surface area contributed by atoms with Crippen LogP contribution in [0.4, 0.5) is 0 Å². The zero-order chi connectivity index (χ0) is 11.3. The standard InChI is InChI=1S/C11H14O4/c1-8(12)14-6-10-4-3-5-11(10)7-15-9(2)13/h3-4H,5-7H2,1-2H3. The SMILES string of the molecule is CC(=O)OCC1=C(COC(C)=O)CC=C1. The minimum absolute atomic E-state index is 0.252. The molecule has 0 aromatic rings. The van der Waals surface area contributed by atoms with E-state index in [4.69, 9.17) is 9.47 Å². The molecule has 15 heavy (non-hydrogen) atoms. The average molecular weight is 210 g/mol. The van der Waals surface area contributed by atoms with Gasteiger partial charge in [-0.1, -0.05) is 12.2 Å². The summed E-state index contributed by atoms with van der Waals surface area (Å²) in [5.41, 5.74) is 1.91. The van der Waals surface area contributed by atoms with Crippen molar-refractivity contribution in [1.82, 2.24) is 0 Å². The first kappa shape index (κ1) is 11.5. The molecule has 0 aliphatic heterocycles. The van der Waals surface area contributed by atoms with Crippen LogP contribution in [-0.4, -0.2) is 25.2 Å². The van der Waals surface area contributed by atoms with E-state index >= 15 is 0 Å². The molecule has 0 fully saturated rings. The van der Waals surface area contributed by atoms with E-state index in [-0.39, 0.29) is 25.2 Å². The third-order valence-corrected chi connectivity index (χ3v) is 2.02. The predicted molar refractivity (Wildman–Crippen MR) is 54.0 cm³/mol. The number of rotatable bonds is 4. The first-order valence-electron chi connectivity index (χ1n) is 4.73. The first-order valence-corrected chi connectivity index (χ1v) is 4.73. The van der Waals surface area contributed by atoms with E-state index in [0.29, 0.717) is 0 Å². The Morgan fingerprint density at radius 2 is 1.80 bits per heavy atom. The van der Waals surface area contributed by atoms with Crippen LogP contribution in [0.1, 0.15) is 20.3 Å². The largest absolute Gasteiger partial charge is 0.461 e. The highest BCUT2D eigenvalue weighted by Gasteiger charge is 2.11. The molecule has 0 bridgehead atoms. The summed E-state index contributed by atoms with van der Waals surface area (Å²) in [5.74, 6) is -0.615. The smallest absolute Gasteiger partial charge is 0.302 e. The highest BCUT2D eigenvalue weighted by molar-refractivity contribution is 5.67. The predicted octanol–water partition coefficient (Wildman–Crippen LogP) is 1.37. The number of hydrogen-bond donors (Lipinski definition) is 0. The molecular weight excluding hydrogens is 196 g/mol. The van der Waals surface area contributed by atoms with Crippen LogP contribution in [0.15, 0.2) is 23.3 Å². The Morgan fingerprint density at radius 1 is 1.20 bits per heavy atom. The van der Waals surface area contributed by atoms with E-state index in [1.54, 1.807) is 0 Å².